The molecule has 1 aliphatic heterocycles. The molecule has 38 heavy (non-hydrogen) atoms. The summed E-state index contributed by atoms with van der Waals surface area (Å²) in [6.45, 7) is 6.40. The number of rotatable bonds is 6. The highest BCUT2D eigenvalue weighted by atomic mass is 35.5. The quantitative estimate of drug-likeness (QED) is 0.441. The molecule has 196 valence electrons. The van der Waals surface area contributed by atoms with Crippen LogP contribution >= 0.6 is 23.2 Å². The highest BCUT2D eigenvalue weighted by molar-refractivity contribution is 6.34. The molecular weight excluding hydrogens is 523 g/mol. The van der Waals surface area contributed by atoms with Crippen LogP contribution < -0.4 is 10.2 Å². The van der Waals surface area contributed by atoms with Gasteiger partial charge in [-0.25, -0.2) is 4.98 Å². The number of nitrogens with zero attached hydrogens (tertiary/aromatic N) is 5. The highest BCUT2D eigenvalue weighted by Crippen LogP contribution is 2.39. The van der Waals surface area contributed by atoms with E-state index in [0.29, 0.717) is 33.5 Å². The van der Waals surface area contributed by atoms with E-state index < -0.39 is 0 Å². The molecule has 2 amide bonds. The van der Waals surface area contributed by atoms with E-state index in [1.54, 1.807) is 40.3 Å². The van der Waals surface area contributed by atoms with E-state index in [1.165, 1.54) is 0 Å². The first-order chi connectivity index (χ1) is 18.2. The van der Waals surface area contributed by atoms with Gasteiger partial charge < -0.3 is 5.32 Å². The molecule has 1 saturated carbocycles. The van der Waals surface area contributed by atoms with Gasteiger partial charge >= 0.3 is 0 Å². The third-order valence-electron chi connectivity index (χ3n) is 7.77. The van der Waals surface area contributed by atoms with Crippen LogP contribution in [0.2, 0.25) is 10.0 Å². The lowest BCUT2D eigenvalue weighted by Gasteiger charge is -2.36. The van der Waals surface area contributed by atoms with Gasteiger partial charge in [-0.1, -0.05) is 30.1 Å². The monoisotopic (exact) mass is 550 g/mol. The Bertz CT molecular complexity index is 1460. The Morgan fingerprint density at radius 2 is 2.03 bits per heavy atom. The van der Waals surface area contributed by atoms with Crippen LogP contribution in [-0.2, 0) is 4.79 Å². The first kappa shape index (κ1) is 26.2. The third kappa shape index (κ3) is 4.77. The van der Waals surface area contributed by atoms with Gasteiger partial charge in [0.05, 0.1) is 34.5 Å². The van der Waals surface area contributed by atoms with Crippen LogP contribution in [0.4, 0.5) is 5.82 Å². The summed E-state index contributed by atoms with van der Waals surface area (Å²) >= 11 is 12.8. The van der Waals surface area contributed by atoms with Crippen molar-refractivity contribution in [2.75, 3.05) is 11.4 Å². The molecule has 2 unspecified atom stereocenters. The number of benzene rings is 1. The predicted molar refractivity (Wildman–Crippen MR) is 146 cm³/mol. The minimum absolute atomic E-state index is 0.0209. The van der Waals surface area contributed by atoms with E-state index in [-0.39, 0.29) is 35.7 Å². The molecule has 10 heteroatoms. The number of hydrogen-bond acceptors (Lipinski definition) is 5. The number of pyridine rings is 1. The SMILES string of the molecule is Cc1c(C(C)n2cc(C(=O)N[C@H]3C[C@@H](c4cc(Cl)ccc4C#N)C3)cn2)cnc(N2CCC(C)C2=O)c1Cl. The lowest BCUT2D eigenvalue weighted by atomic mass is 9.74. The summed E-state index contributed by atoms with van der Waals surface area (Å²) in [6.07, 6.45) is 7.29. The van der Waals surface area contributed by atoms with Gasteiger partial charge in [0.2, 0.25) is 5.91 Å². The van der Waals surface area contributed by atoms with E-state index in [4.69, 9.17) is 23.2 Å². The molecule has 2 fully saturated rings. The number of carbonyl (C=O) groups is 2. The zero-order valence-electron chi connectivity index (χ0n) is 21.4. The van der Waals surface area contributed by atoms with Gasteiger partial charge in [-0.15, -0.1) is 0 Å². The van der Waals surface area contributed by atoms with Gasteiger partial charge in [0.25, 0.3) is 5.91 Å². The third-order valence-corrected chi connectivity index (χ3v) is 8.46. The normalized spacial score (nSPS) is 21.6. The van der Waals surface area contributed by atoms with Crippen LogP contribution in [-0.4, -0.2) is 39.2 Å². The van der Waals surface area contributed by atoms with Crippen LogP contribution in [0.3, 0.4) is 0 Å². The Labute approximate surface area is 231 Å². The fourth-order valence-corrected chi connectivity index (χ4v) is 5.70. The Morgan fingerprint density at radius 1 is 1.26 bits per heavy atom. The number of amides is 2. The second-order valence-electron chi connectivity index (χ2n) is 10.2. The zero-order chi connectivity index (χ0) is 27.1. The number of anilines is 1. The minimum atomic E-state index is -0.218. The Balaban J connectivity index is 1.24. The maximum absolute atomic E-state index is 12.9. The number of nitrogens with one attached hydrogen (secondary N) is 1. The van der Waals surface area contributed by atoms with Gasteiger partial charge in [-0.3, -0.25) is 19.2 Å². The number of aromatic nitrogens is 3. The molecule has 8 nitrogen and oxygen atoms in total. The summed E-state index contributed by atoms with van der Waals surface area (Å²) in [5.41, 5.74) is 3.72. The standard InChI is InChI=1S/C28H28Cl2N6O2/c1-15-6-7-35(28(15)38)26-25(30)16(2)24(13-32-26)17(3)36-14-20(12-33-36)27(37)34-22-8-19(9-22)23-10-21(29)5-4-18(23)11-31/h4-5,10,12-15,17,19,22H,6-9H2,1-3H3,(H,34,37)/t15?,17?,19-,22+. The Morgan fingerprint density at radius 3 is 2.71 bits per heavy atom. The van der Waals surface area contributed by atoms with Crippen LogP contribution in [0.5, 0.6) is 0 Å². The molecule has 0 spiro atoms. The van der Waals surface area contributed by atoms with Gasteiger partial charge in [0.1, 0.15) is 0 Å². The largest absolute Gasteiger partial charge is 0.349 e. The van der Waals surface area contributed by atoms with Crippen molar-refractivity contribution >= 4 is 40.8 Å². The Hall–Kier alpha value is -3.41. The van der Waals surface area contributed by atoms with Crippen molar-refractivity contribution in [2.24, 2.45) is 5.92 Å². The van der Waals surface area contributed by atoms with Crippen molar-refractivity contribution in [3.63, 3.8) is 0 Å². The van der Waals surface area contributed by atoms with E-state index >= 15 is 0 Å². The summed E-state index contributed by atoms with van der Waals surface area (Å²) in [4.78, 5) is 31.6. The summed E-state index contributed by atoms with van der Waals surface area (Å²) in [5, 5.41) is 17.9. The topological polar surface area (TPSA) is 104 Å². The molecule has 2 aromatic heterocycles. The van der Waals surface area contributed by atoms with Crippen molar-refractivity contribution in [3.8, 4) is 6.07 Å². The summed E-state index contributed by atoms with van der Waals surface area (Å²) < 4.78 is 1.72. The van der Waals surface area contributed by atoms with Crippen LogP contribution in [0, 0.1) is 24.2 Å². The van der Waals surface area contributed by atoms with E-state index in [0.717, 1.165) is 36.0 Å². The molecule has 0 radical (unpaired) electrons. The van der Waals surface area contributed by atoms with E-state index in [1.807, 2.05) is 26.8 Å². The van der Waals surface area contributed by atoms with Gasteiger partial charge in [0, 0.05) is 35.9 Å². The lowest BCUT2D eigenvalue weighted by Crippen LogP contribution is -2.43. The average Bonchev–Trinajstić information content (AvgIpc) is 3.50. The van der Waals surface area contributed by atoms with Crippen LogP contribution in [0.25, 0.3) is 0 Å². The average molecular weight is 551 g/mol. The molecule has 3 heterocycles. The van der Waals surface area contributed by atoms with Crippen LogP contribution in [0.15, 0.2) is 36.8 Å². The number of carbonyl (C=O) groups excluding carboxylic acids is 2. The molecule has 1 aromatic carbocycles. The smallest absolute Gasteiger partial charge is 0.254 e. The van der Waals surface area contributed by atoms with Crippen molar-refractivity contribution in [1.82, 2.24) is 20.1 Å². The zero-order valence-corrected chi connectivity index (χ0v) is 22.9. The van der Waals surface area contributed by atoms with Crippen molar-refractivity contribution in [1.29, 1.82) is 5.26 Å². The number of hydrogen-bond donors (Lipinski definition) is 1. The second-order valence-corrected chi connectivity index (χ2v) is 11.0. The highest BCUT2D eigenvalue weighted by Gasteiger charge is 2.34. The summed E-state index contributed by atoms with van der Waals surface area (Å²) in [7, 11) is 0. The summed E-state index contributed by atoms with van der Waals surface area (Å²) in [6, 6.07) is 7.32. The van der Waals surface area contributed by atoms with Crippen LogP contribution in [0.1, 0.15) is 77.7 Å². The maximum Gasteiger partial charge on any atom is 0.254 e. The Kier molecular flexibility index (Phi) is 7.17. The fraction of sp³-hybridized carbons (Fsp3) is 0.393. The fourth-order valence-electron chi connectivity index (χ4n) is 5.26. The molecular formula is C28H28Cl2N6O2. The molecule has 2 atom stereocenters. The molecule has 1 N–H and O–H groups in total. The van der Waals surface area contributed by atoms with Crippen molar-refractivity contribution in [3.05, 3.63) is 74.7 Å². The first-order valence-electron chi connectivity index (χ1n) is 12.7. The number of halogens is 2. The lowest BCUT2D eigenvalue weighted by molar-refractivity contribution is -0.119. The molecule has 1 saturated heterocycles. The van der Waals surface area contributed by atoms with Gasteiger partial charge in [-0.05, 0) is 73.9 Å². The minimum Gasteiger partial charge on any atom is -0.349 e. The van der Waals surface area contributed by atoms with Gasteiger partial charge in [0.15, 0.2) is 5.82 Å². The van der Waals surface area contributed by atoms with Crippen molar-refractivity contribution < 1.29 is 9.59 Å². The van der Waals surface area contributed by atoms with Crippen molar-refractivity contribution in [2.45, 2.75) is 58.0 Å². The molecule has 5 rings (SSSR count). The summed E-state index contributed by atoms with van der Waals surface area (Å²) in [5.74, 6) is 0.506. The first-order valence-corrected chi connectivity index (χ1v) is 13.4. The number of nitriles is 1. The van der Waals surface area contributed by atoms with Gasteiger partial charge in [-0.2, -0.15) is 10.4 Å². The molecule has 1 aliphatic carbocycles. The maximum atomic E-state index is 12.9. The molecule has 0 bridgehead atoms. The molecule has 3 aromatic rings. The second kappa shape index (κ2) is 10.4. The predicted octanol–water partition coefficient (Wildman–Crippen LogP) is 5.42. The van der Waals surface area contributed by atoms with E-state index in [2.05, 4.69) is 21.5 Å². The molecule has 2 aliphatic rings. The van der Waals surface area contributed by atoms with E-state index in [9.17, 15) is 14.9 Å².